The zero-order valence-electron chi connectivity index (χ0n) is 29.7. The number of rotatable bonds is 16. The standard InChI is InChI=1S/C44H56F4O/c1-3-5-7-8-9-10-11-13-31-14-16-32(17-15-31)33-18-20-34(21-19-33)37-26-27-38(42(46)41(37)45)35-22-24-36(25-23-35)39-28-29-40(44(48)43(39)47)49-30-12-6-4-2/h6,12,22-29,31-34H,3-5,7-11,13-21,30H2,1-2H3/b12-6+. The molecule has 0 unspecified atom stereocenters. The Labute approximate surface area is 292 Å². The summed E-state index contributed by atoms with van der Waals surface area (Å²) in [5, 5.41) is 0. The van der Waals surface area contributed by atoms with Crippen molar-refractivity contribution in [3.05, 3.63) is 89.5 Å². The number of benzene rings is 3. The van der Waals surface area contributed by atoms with E-state index < -0.39 is 23.3 Å². The summed E-state index contributed by atoms with van der Waals surface area (Å²) in [5.74, 6) is -1.35. The Hall–Kier alpha value is -3.08. The molecule has 49 heavy (non-hydrogen) atoms. The van der Waals surface area contributed by atoms with Gasteiger partial charge in [-0.3, -0.25) is 0 Å². The summed E-state index contributed by atoms with van der Waals surface area (Å²) < 4.78 is 66.1. The molecule has 0 heterocycles. The lowest BCUT2D eigenvalue weighted by Crippen LogP contribution is -2.25. The summed E-state index contributed by atoms with van der Waals surface area (Å²) in [5.41, 5.74) is 1.66. The second-order valence-corrected chi connectivity index (χ2v) is 14.6. The maximum Gasteiger partial charge on any atom is 0.201 e. The minimum atomic E-state index is -1.05. The van der Waals surface area contributed by atoms with E-state index in [4.69, 9.17) is 4.74 Å². The fourth-order valence-electron chi connectivity index (χ4n) is 8.41. The number of unbranched alkanes of at least 4 members (excludes halogenated alkanes) is 6. The van der Waals surface area contributed by atoms with Crippen molar-refractivity contribution in [3.8, 4) is 28.0 Å². The molecular formula is C44H56F4O. The van der Waals surface area contributed by atoms with Crippen molar-refractivity contribution in [2.75, 3.05) is 6.61 Å². The van der Waals surface area contributed by atoms with Crippen LogP contribution in [0.5, 0.6) is 5.75 Å². The first-order chi connectivity index (χ1) is 23.9. The van der Waals surface area contributed by atoms with Crippen LogP contribution in [0.1, 0.15) is 134 Å². The summed E-state index contributed by atoms with van der Waals surface area (Å²) in [7, 11) is 0. The van der Waals surface area contributed by atoms with Crippen molar-refractivity contribution in [2.45, 2.75) is 129 Å². The molecule has 3 aromatic carbocycles. The van der Waals surface area contributed by atoms with Crippen LogP contribution in [0.4, 0.5) is 17.6 Å². The molecule has 0 spiro atoms. The molecule has 0 aromatic heterocycles. The van der Waals surface area contributed by atoms with Gasteiger partial charge in [-0.1, -0.05) is 127 Å². The largest absolute Gasteiger partial charge is 0.486 e. The van der Waals surface area contributed by atoms with Gasteiger partial charge in [-0.25, -0.2) is 13.2 Å². The smallest absolute Gasteiger partial charge is 0.201 e. The van der Waals surface area contributed by atoms with E-state index in [0.29, 0.717) is 22.6 Å². The molecule has 0 bridgehead atoms. The lowest BCUT2D eigenvalue weighted by Gasteiger charge is -2.38. The second kappa shape index (κ2) is 18.8. The summed E-state index contributed by atoms with van der Waals surface area (Å²) in [6, 6.07) is 12.8. The molecule has 2 aliphatic carbocycles. The van der Waals surface area contributed by atoms with Gasteiger partial charge in [-0.2, -0.15) is 4.39 Å². The molecule has 0 atom stereocenters. The third-order valence-corrected chi connectivity index (χ3v) is 11.4. The Kier molecular flexibility index (Phi) is 14.3. The predicted molar refractivity (Wildman–Crippen MR) is 195 cm³/mol. The normalized spacial score (nSPS) is 21.3. The van der Waals surface area contributed by atoms with Crippen LogP contribution in [0.2, 0.25) is 0 Å². The third kappa shape index (κ3) is 9.79. The van der Waals surface area contributed by atoms with E-state index in [2.05, 4.69) is 6.92 Å². The van der Waals surface area contributed by atoms with Gasteiger partial charge in [0.2, 0.25) is 5.82 Å². The summed E-state index contributed by atoms with van der Waals surface area (Å²) in [4.78, 5) is 0. The van der Waals surface area contributed by atoms with Crippen molar-refractivity contribution in [3.63, 3.8) is 0 Å². The monoisotopic (exact) mass is 676 g/mol. The minimum absolute atomic E-state index is 0.0448. The Morgan fingerprint density at radius 1 is 0.571 bits per heavy atom. The van der Waals surface area contributed by atoms with E-state index in [0.717, 1.165) is 43.9 Å². The maximum atomic E-state index is 15.6. The van der Waals surface area contributed by atoms with Gasteiger partial charge in [-0.15, -0.1) is 0 Å². The topological polar surface area (TPSA) is 9.23 Å². The van der Waals surface area contributed by atoms with Gasteiger partial charge in [0.1, 0.15) is 6.61 Å². The van der Waals surface area contributed by atoms with Crippen molar-refractivity contribution >= 4 is 0 Å². The fraction of sp³-hybridized carbons (Fsp3) is 0.545. The Balaban J connectivity index is 1.12. The average Bonchev–Trinajstić information content (AvgIpc) is 3.13. The van der Waals surface area contributed by atoms with Crippen LogP contribution in [0.25, 0.3) is 22.3 Å². The lowest BCUT2D eigenvalue weighted by molar-refractivity contribution is 0.155. The van der Waals surface area contributed by atoms with Gasteiger partial charge in [0.25, 0.3) is 0 Å². The summed E-state index contributed by atoms with van der Waals surface area (Å²) in [6.07, 6.45) is 25.0. The van der Waals surface area contributed by atoms with Crippen LogP contribution < -0.4 is 4.74 Å². The molecule has 0 saturated heterocycles. The molecule has 3 aromatic rings. The number of hydrogen-bond acceptors (Lipinski definition) is 1. The number of hydrogen-bond donors (Lipinski definition) is 0. The average molecular weight is 677 g/mol. The number of allylic oxidation sites excluding steroid dienone is 1. The maximum absolute atomic E-state index is 15.6. The third-order valence-electron chi connectivity index (χ3n) is 11.4. The first-order valence-electron chi connectivity index (χ1n) is 19.3. The minimum Gasteiger partial charge on any atom is -0.486 e. The van der Waals surface area contributed by atoms with Crippen molar-refractivity contribution in [1.29, 1.82) is 0 Å². The SMILES string of the molecule is CC/C=C/COc1ccc(-c2ccc(-c3ccc(C4CCC(C5CCC(CCCCCCCCC)CC5)CC4)c(F)c3F)cc2)c(F)c1F. The van der Waals surface area contributed by atoms with E-state index in [1.165, 1.54) is 89.2 Å². The van der Waals surface area contributed by atoms with Crippen molar-refractivity contribution in [2.24, 2.45) is 17.8 Å². The van der Waals surface area contributed by atoms with Crippen LogP contribution in [0.3, 0.4) is 0 Å². The van der Waals surface area contributed by atoms with Gasteiger partial charge < -0.3 is 4.74 Å². The van der Waals surface area contributed by atoms with Crippen LogP contribution in [-0.4, -0.2) is 6.61 Å². The van der Waals surface area contributed by atoms with Crippen LogP contribution >= 0.6 is 0 Å². The predicted octanol–water partition coefficient (Wildman–Crippen LogP) is 14.1. The molecule has 5 rings (SSSR count). The summed E-state index contributed by atoms with van der Waals surface area (Å²) in [6.45, 7) is 4.40. The molecule has 2 aliphatic rings. The highest BCUT2D eigenvalue weighted by Gasteiger charge is 2.32. The highest BCUT2D eigenvalue weighted by atomic mass is 19.2. The van der Waals surface area contributed by atoms with E-state index >= 15 is 8.78 Å². The lowest BCUT2D eigenvalue weighted by atomic mass is 9.68. The molecule has 2 fully saturated rings. The number of ether oxygens (including phenoxy) is 1. The Morgan fingerprint density at radius 2 is 1.12 bits per heavy atom. The zero-order chi connectivity index (χ0) is 34.6. The van der Waals surface area contributed by atoms with E-state index in [1.54, 1.807) is 42.5 Å². The fourth-order valence-corrected chi connectivity index (χ4v) is 8.41. The van der Waals surface area contributed by atoms with Crippen LogP contribution in [-0.2, 0) is 0 Å². The van der Waals surface area contributed by atoms with Gasteiger partial charge in [0, 0.05) is 11.1 Å². The van der Waals surface area contributed by atoms with Gasteiger partial charge in [0.05, 0.1) is 0 Å². The molecule has 0 N–H and O–H groups in total. The zero-order valence-corrected chi connectivity index (χ0v) is 29.7. The van der Waals surface area contributed by atoms with Crippen LogP contribution in [0, 0.1) is 41.0 Å². The first-order valence-corrected chi connectivity index (χ1v) is 19.3. The Morgan fingerprint density at radius 3 is 1.73 bits per heavy atom. The molecule has 2 saturated carbocycles. The Bertz CT molecular complexity index is 1480. The molecule has 5 heteroatoms. The number of halogens is 4. The highest BCUT2D eigenvalue weighted by Crippen LogP contribution is 2.45. The molecule has 266 valence electrons. The van der Waals surface area contributed by atoms with Gasteiger partial charge in [0.15, 0.2) is 23.2 Å². The van der Waals surface area contributed by atoms with Crippen molar-refractivity contribution in [1.82, 2.24) is 0 Å². The first kappa shape index (κ1) is 37.2. The van der Waals surface area contributed by atoms with Crippen molar-refractivity contribution < 1.29 is 22.3 Å². The molecule has 1 nitrogen and oxygen atoms in total. The van der Waals surface area contributed by atoms with Gasteiger partial charge in [-0.05, 0) is 97.4 Å². The van der Waals surface area contributed by atoms with Gasteiger partial charge >= 0.3 is 0 Å². The van der Waals surface area contributed by atoms with E-state index in [-0.39, 0.29) is 29.4 Å². The molecule has 0 amide bonds. The highest BCUT2D eigenvalue weighted by molar-refractivity contribution is 5.72. The second-order valence-electron chi connectivity index (χ2n) is 14.6. The molecule has 0 radical (unpaired) electrons. The van der Waals surface area contributed by atoms with E-state index in [9.17, 15) is 8.78 Å². The van der Waals surface area contributed by atoms with E-state index in [1.807, 2.05) is 13.0 Å². The summed E-state index contributed by atoms with van der Waals surface area (Å²) >= 11 is 0. The van der Waals surface area contributed by atoms with Crippen LogP contribution in [0.15, 0.2) is 60.7 Å². The molecule has 0 aliphatic heterocycles. The molecular weight excluding hydrogens is 620 g/mol. The quantitative estimate of drug-likeness (QED) is 0.0833.